The third-order valence-corrected chi connectivity index (χ3v) is 3.66. The standard InChI is InChI=1S/C10H16N2OS/c13-4-3-10(1-2-10)7-11-5-9-6-12-8-14-9/h6,8,11,13H,1-5,7H2. The molecule has 14 heavy (non-hydrogen) atoms. The molecule has 0 unspecified atom stereocenters. The molecule has 0 atom stereocenters. The van der Waals surface area contributed by atoms with Crippen LogP contribution in [0, 0.1) is 5.41 Å². The van der Waals surface area contributed by atoms with E-state index >= 15 is 0 Å². The fraction of sp³-hybridized carbons (Fsp3) is 0.700. The number of aromatic nitrogens is 1. The topological polar surface area (TPSA) is 45.1 Å². The van der Waals surface area contributed by atoms with Gasteiger partial charge < -0.3 is 10.4 Å². The number of rotatable bonds is 6. The first-order chi connectivity index (χ1) is 6.85. The molecule has 1 saturated carbocycles. The van der Waals surface area contributed by atoms with Gasteiger partial charge in [0, 0.05) is 30.8 Å². The largest absolute Gasteiger partial charge is 0.396 e. The Morgan fingerprint density at radius 3 is 3.00 bits per heavy atom. The third-order valence-electron chi connectivity index (χ3n) is 2.88. The zero-order valence-electron chi connectivity index (χ0n) is 8.20. The van der Waals surface area contributed by atoms with Crippen LogP contribution < -0.4 is 5.32 Å². The Balaban J connectivity index is 1.68. The molecule has 2 N–H and O–H groups in total. The summed E-state index contributed by atoms with van der Waals surface area (Å²) in [7, 11) is 0. The molecule has 1 aliphatic carbocycles. The average molecular weight is 212 g/mol. The third kappa shape index (κ3) is 2.53. The first kappa shape index (κ1) is 10.1. The summed E-state index contributed by atoms with van der Waals surface area (Å²) in [5, 5.41) is 12.3. The normalized spacial score (nSPS) is 18.4. The number of hydrogen-bond donors (Lipinski definition) is 2. The van der Waals surface area contributed by atoms with Crippen LogP contribution in [0.1, 0.15) is 24.1 Å². The first-order valence-electron chi connectivity index (χ1n) is 5.04. The van der Waals surface area contributed by atoms with Crippen molar-refractivity contribution in [1.82, 2.24) is 10.3 Å². The van der Waals surface area contributed by atoms with E-state index in [1.165, 1.54) is 17.7 Å². The number of thiazole rings is 1. The van der Waals surface area contributed by atoms with E-state index in [1.54, 1.807) is 11.3 Å². The number of nitrogens with zero attached hydrogens (tertiary/aromatic N) is 1. The summed E-state index contributed by atoms with van der Waals surface area (Å²) in [6.07, 6.45) is 5.39. The smallest absolute Gasteiger partial charge is 0.0794 e. The molecule has 0 aromatic carbocycles. The highest BCUT2D eigenvalue weighted by atomic mass is 32.1. The molecule has 0 bridgehead atoms. The molecule has 1 aromatic rings. The summed E-state index contributed by atoms with van der Waals surface area (Å²) in [5.41, 5.74) is 2.27. The van der Waals surface area contributed by atoms with Crippen LogP contribution in [0.5, 0.6) is 0 Å². The van der Waals surface area contributed by atoms with Gasteiger partial charge >= 0.3 is 0 Å². The molecule has 0 spiro atoms. The second kappa shape index (κ2) is 4.38. The predicted octanol–water partition coefficient (Wildman–Crippen LogP) is 1.40. The molecule has 0 saturated heterocycles. The monoisotopic (exact) mass is 212 g/mol. The van der Waals surface area contributed by atoms with Crippen LogP contribution in [0.15, 0.2) is 11.7 Å². The molecule has 1 aliphatic rings. The lowest BCUT2D eigenvalue weighted by Gasteiger charge is -2.13. The van der Waals surface area contributed by atoms with Gasteiger partial charge in [-0.25, -0.2) is 0 Å². The highest BCUT2D eigenvalue weighted by Crippen LogP contribution is 2.47. The molecule has 2 rings (SSSR count). The minimum Gasteiger partial charge on any atom is -0.396 e. The van der Waals surface area contributed by atoms with Crippen molar-refractivity contribution in [2.75, 3.05) is 13.2 Å². The van der Waals surface area contributed by atoms with E-state index in [2.05, 4.69) is 10.3 Å². The van der Waals surface area contributed by atoms with Crippen molar-refractivity contribution in [2.45, 2.75) is 25.8 Å². The summed E-state index contributed by atoms with van der Waals surface area (Å²) in [6, 6.07) is 0. The van der Waals surface area contributed by atoms with Crippen molar-refractivity contribution >= 4 is 11.3 Å². The van der Waals surface area contributed by atoms with E-state index in [1.807, 2.05) is 11.7 Å². The Labute approximate surface area is 88.2 Å². The molecule has 0 amide bonds. The van der Waals surface area contributed by atoms with Crippen LogP contribution in [0.4, 0.5) is 0 Å². The van der Waals surface area contributed by atoms with E-state index in [-0.39, 0.29) is 0 Å². The van der Waals surface area contributed by atoms with Gasteiger partial charge in [-0.15, -0.1) is 11.3 Å². The molecule has 1 heterocycles. The average Bonchev–Trinajstić information content (AvgIpc) is 2.75. The van der Waals surface area contributed by atoms with Gasteiger partial charge in [0.2, 0.25) is 0 Å². The van der Waals surface area contributed by atoms with Crippen molar-refractivity contribution in [3.63, 3.8) is 0 Å². The maximum absolute atomic E-state index is 8.89. The van der Waals surface area contributed by atoms with Gasteiger partial charge in [-0.05, 0) is 24.7 Å². The number of aliphatic hydroxyl groups is 1. The molecule has 1 aromatic heterocycles. The summed E-state index contributed by atoms with van der Waals surface area (Å²) in [5.74, 6) is 0. The first-order valence-corrected chi connectivity index (χ1v) is 5.92. The fourth-order valence-corrected chi connectivity index (χ4v) is 2.27. The molecular weight excluding hydrogens is 196 g/mol. The summed E-state index contributed by atoms with van der Waals surface area (Å²) < 4.78 is 0. The summed E-state index contributed by atoms with van der Waals surface area (Å²) in [6.45, 7) is 2.27. The Morgan fingerprint density at radius 2 is 2.43 bits per heavy atom. The van der Waals surface area contributed by atoms with Crippen molar-refractivity contribution in [2.24, 2.45) is 5.41 Å². The summed E-state index contributed by atoms with van der Waals surface area (Å²) in [4.78, 5) is 5.31. The lowest BCUT2D eigenvalue weighted by atomic mass is 10.0. The van der Waals surface area contributed by atoms with Crippen LogP contribution in [0.3, 0.4) is 0 Å². The van der Waals surface area contributed by atoms with Gasteiger partial charge in [-0.1, -0.05) is 0 Å². The van der Waals surface area contributed by atoms with Crippen molar-refractivity contribution in [3.05, 3.63) is 16.6 Å². The zero-order chi connectivity index (χ0) is 9.86. The van der Waals surface area contributed by atoms with Gasteiger partial charge in [-0.3, -0.25) is 4.98 Å². The number of hydrogen-bond acceptors (Lipinski definition) is 4. The van der Waals surface area contributed by atoms with Crippen LogP contribution >= 0.6 is 11.3 Å². The van der Waals surface area contributed by atoms with Gasteiger partial charge in [0.15, 0.2) is 0 Å². The van der Waals surface area contributed by atoms with Gasteiger partial charge in [-0.2, -0.15) is 0 Å². The molecule has 3 nitrogen and oxygen atoms in total. The zero-order valence-corrected chi connectivity index (χ0v) is 9.02. The minimum atomic E-state index is 0.322. The Hall–Kier alpha value is -0.450. The van der Waals surface area contributed by atoms with Crippen LogP contribution in [0.2, 0.25) is 0 Å². The maximum Gasteiger partial charge on any atom is 0.0794 e. The second-order valence-electron chi connectivity index (χ2n) is 4.04. The van der Waals surface area contributed by atoms with Gasteiger partial charge in [0.25, 0.3) is 0 Å². The fourth-order valence-electron chi connectivity index (χ4n) is 1.71. The Morgan fingerprint density at radius 1 is 1.57 bits per heavy atom. The highest BCUT2D eigenvalue weighted by molar-refractivity contribution is 7.09. The Kier molecular flexibility index (Phi) is 3.15. The molecule has 0 aliphatic heterocycles. The maximum atomic E-state index is 8.89. The number of nitrogens with one attached hydrogen (secondary N) is 1. The highest BCUT2D eigenvalue weighted by Gasteiger charge is 2.41. The second-order valence-corrected chi connectivity index (χ2v) is 5.02. The quantitative estimate of drug-likeness (QED) is 0.749. The minimum absolute atomic E-state index is 0.322. The molecular formula is C10H16N2OS. The van der Waals surface area contributed by atoms with Crippen molar-refractivity contribution in [1.29, 1.82) is 0 Å². The van der Waals surface area contributed by atoms with E-state index < -0.39 is 0 Å². The van der Waals surface area contributed by atoms with Crippen molar-refractivity contribution in [3.8, 4) is 0 Å². The SMILES string of the molecule is OCCC1(CNCc2cncs2)CC1. The van der Waals surface area contributed by atoms with Crippen molar-refractivity contribution < 1.29 is 5.11 Å². The predicted molar refractivity (Wildman–Crippen MR) is 57.2 cm³/mol. The van der Waals surface area contributed by atoms with E-state index in [0.29, 0.717) is 12.0 Å². The van der Waals surface area contributed by atoms with Gasteiger partial charge in [0.05, 0.1) is 5.51 Å². The molecule has 4 heteroatoms. The number of aliphatic hydroxyl groups excluding tert-OH is 1. The molecule has 0 radical (unpaired) electrons. The lowest BCUT2D eigenvalue weighted by molar-refractivity contribution is 0.245. The van der Waals surface area contributed by atoms with Gasteiger partial charge in [0.1, 0.15) is 0 Å². The van der Waals surface area contributed by atoms with Crippen LogP contribution in [0.25, 0.3) is 0 Å². The van der Waals surface area contributed by atoms with E-state index in [0.717, 1.165) is 19.5 Å². The van der Waals surface area contributed by atoms with Crippen LogP contribution in [-0.4, -0.2) is 23.2 Å². The molecule has 1 fully saturated rings. The lowest BCUT2D eigenvalue weighted by Crippen LogP contribution is -2.24. The summed E-state index contributed by atoms with van der Waals surface area (Å²) >= 11 is 1.68. The molecule has 78 valence electrons. The van der Waals surface area contributed by atoms with Crippen LogP contribution in [-0.2, 0) is 6.54 Å². The Bertz CT molecular complexity index is 270. The van der Waals surface area contributed by atoms with E-state index in [9.17, 15) is 0 Å². The van der Waals surface area contributed by atoms with E-state index in [4.69, 9.17) is 5.11 Å².